The number of aliphatic hydroxyl groups is 1. The van der Waals surface area contributed by atoms with E-state index < -0.39 is 0 Å². The van der Waals surface area contributed by atoms with Crippen molar-refractivity contribution in [3.63, 3.8) is 0 Å². The predicted molar refractivity (Wildman–Crippen MR) is 78.7 cm³/mol. The summed E-state index contributed by atoms with van der Waals surface area (Å²) >= 11 is 1.65. The van der Waals surface area contributed by atoms with Crippen molar-refractivity contribution >= 4 is 22.6 Å². The van der Waals surface area contributed by atoms with Crippen LogP contribution in [-0.4, -0.2) is 40.1 Å². The first kappa shape index (κ1) is 13.9. The monoisotopic (exact) mass is 275 g/mol. The molecule has 0 aliphatic carbocycles. The first-order valence-corrected chi connectivity index (χ1v) is 7.14. The van der Waals surface area contributed by atoms with E-state index in [2.05, 4.69) is 11.1 Å². The second-order valence-electron chi connectivity index (χ2n) is 4.74. The van der Waals surface area contributed by atoms with Crippen LogP contribution in [0.2, 0.25) is 0 Å². The molecule has 1 fully saturated rings. The van der Waals surface area contributed by atoms with Crippen molar-refractivity contribution in [3.8, 4) is 6.07 Å². The van der Waals surface area contributed by atoms with E-state index in [0.29, 0.717) is 5.56 Å². The van der Waals surface area contributed by atoms with Crippen LogP contribution in [-0.2, 0) is 0 Å². The number of nitriles is 1. The van der Waals surface area contributed by atoms with Crippen LogP contribution in [0.25, 0.3) is 0 Å². The summed E-state index contributed by atoms with van der Waals surface area (Å²) in [6.07, 6.45) is -0.368. The van der Waals surface area contributed by atoms with Crippen molar-refractivity contribution in [1.82, 2.24) is 4.90 Å². The number of aliphatic hydroxyl groups excluding tert-OH is 1. The number of aryl methyl sites for hydroxylation is 1. The largest absolute Gasteiger partial charge is 0.391 e. The smallest absolute Gasteiger partial charge is 0.164 e. The third-order valence-electron chi connectivity index (χ3n) is 3.28. The quantitative estimate of drug-likeness (QED) is 0.899. The molecule has 19 heavy (non-hydrogen) atoms. The third kappa shape index (κ3) is 2.91. The fourth-order valence-electron chi connectivity index (χ4n) is 2.04. The highest BCUT2D eigenvalue weighted by molar-refractivity contribution is 8.14. The number of hydrogen-bond donors (Lipinski definition) is 1. The van der Waals surface area contributed by atoms with Gasteiger partial charge in [-0.05, 0) is 37.6 Å². The van der Waals surface area contributed by atoms with Crippen molar-refractivity contribution in [2.75, 3.05) is 12.8 Å². The van der Waals surface area contributed by atoms with Crippen LogP contribution in [0.1, 0.15) is 18.1 Å². The number of benzene rings is 1. The Morgan fingerprint density at radius 1 is 1.58 bits per heavy atom. The average molecular weight is 275 g/mol. The molecule has 2 atom stereocenters. The van der Waals surface area contributed by atoms with E-state index in [1.54, 1.807) is 24.8 Å². The highest BCUT2D eigenvalue weighted by atomic mass is 32.2. The van der Waals surface area contributed by atoms with Gasteiger partial charge in [0, 0.05) is 12.8 Å². The maximum absolute atomic E-state index is 9.68. The van der Waals surface area contributed by atoms with Crippen LogP contribution in [0.15, 0.2) is 23.2 Å². The zero-order valence-corrected chi connectivity index (χ0v) is 12.1. The van der Waals surface area contributed by atoms with Crippen LogP contribution in [0, 0.1) is 18.3 Å². The number of amidine groups is 1. The zero-order valence-electron chi connectivity index (χ0n) is 11.3. The molecule has 0 aromatic heterocycles. The van der Waals surface area contributed by atoms with Gasteiger partial charge in [0.2, 0.25) is 0 Å². The Hall–Kier alpha value is -1.51. The zero-order chi connectivity index (χ0) is 14.0. The van der Waals surface area contributed by atoms with E-state index in [1.807, 2.05) is 31.0 Å². The molecule has 1 aromatic rings. The lowest BCUT2D eigenvalue weighted by atomic mass is 10.1. The fourth-order valence-corrected chi connectivity index (χ4v) is 3.37. The van der Waals surface area contributed by atoms with Crippen LogP contribution < -0.4 is 0 Å². The van der Waals surface area contributed by atoms with E-state index in [9.17, 15) is 5.11 Å². The lowest BCUT2D eigenvalue weighted by Gasteiger charge is -2.23. The van der Waals surface area contributed by atoms with E-state index in [-0.39, 0.29) is 12.1 Å². The molecule has 5 heteroatoms. The lowest BCUT2D eigenvalue weighted by molar-refractivity contribution is 0.126. The molecule has 2 unspecified atom stereocenters. The van der Waals surface area contributed by atoms with Crippen molar-refractivity contribution in [1.29, 1.82) is 5.26 Å². The minimum Gasteiger partial charge on any atom is -0.391 e. The maximum atomic E-state index is 9.68. The van der Waals surface area contributed by atoms with Gasteiger partial charge in [-0.1, -0.05) is 11.8 Å². The number of nitrogens with zero attached hydrogens (tertiary/aromatic N) is 3. The molecule has 1 aromatic carbocycles. The van der Waals surface area contributed by atoms with Crippen molar-refractivity contribution < 1.29 is 5.11 Å². The summed E-state index contributed by atoms with van der Waals surface area (Å²) in [4.78, 5) is 6.65. The number of rotatable bonds is 2. The van der Waals surface area contributed by atoms with Crippen LogP contribution in [0.4, 0.5) is 5.69 Å². The predicted octanol–water partition coefficient (Wildman–Crippen LogP) is 2.28. The second-order valence-corrected chi connectivity index (χ2v) is 5.72. The van der Waals surface area contributed by atoms with Crippen LogP contribution >= 0.6 is 11.8 Å². The van der Waals surface area contributed by atoms with Crippen molar-refractivity contribution in [3.05, 3.63) is 29.3 Å². The first-order valence-electron chi connectivity index (χ1n) is 6.16. The summed E-state index contributed by atoms with van der Waals surface area (Å²) in [6.45, 7) is 3.75. The van der Waals surface area contributed by atoms with Gasteiger partial charge >= 0.3 is 0 Å². The molecule has 0 spiro atoms. The summed E-state index contributed by atoms with van der Waals surface area (Å²) in [6, 6.07) is 7.72. The van der Waals surface area contributed by atoms with Gasteiger partial charge in [0.15, 0.2) is 5.17 Å². The number of likely N-dealkylation sites (N-methyl/N-ethyl adjacent to an activating group) is 1. The van der Waals surface area contributed by atoms with E-state index >= 15 is 0 Å². The minimum atomic E-state index is -0.368. The third-order valence-corrected chi connectivity index (χ3v) is 4.43. The van der Waals surface area contributed by atoms with Crippen LogP contribution in [0.3, 0.4) is 0 Å². The molecular formula is C14H17N3OS. The molecule has 0 saturated carbocycles. The Bertz CT molecular complexity index is 548. The number of thioether (sulfide) groups is 1. The summed E-state index contributed by atoms with van der Waals surface area (Å²) in [5.74, 6) is 0.850. The summed E-state index contributed by atoms with van der Waals surface area (Å²) < 4.78 is 0. The van der Waals surface area contributed by atoms with Gasteiger partial charge in [-0.25, -0.2) is 4.99 Å². The molecule has 1 aliphatic heterocycles. The molecule has 1 N–H and O–H groups in total. The molecule has 0 bridgehead atoms. The number of aliphatic imine (C=N–C) groups is 1. The van der Waals surface area contributed by atoms with E-state index in [0.717, 1.165) is 22.2 Å². The van der Waals surface area contributed by atoms with Gasteiger partial charge in [0.25, 0.3) is 0 Å². The summed E-state index contributed by atoms with van der Waals surface area (Å²) in [5.41, 5.74) is 2.51. The SMILES string of the molecule is Cc1cc(C#N)ccc1N=C1SCC(C(C)O)N1C. The van der Waals surface area contributed by atoms with Gasteiger partial charge in [-0.3, -0.25) is 0 Å². The average Bonchev–Trinajstić information content (AvgIpc) is 2.73. The number of hydrogen-bond acceptors (Lipinski definition) is 4. The van der Waals surface area contributed by atoms with Crippen molar-refractivity contribution in [2.45, 2.75) is 26.0 Å². The normalized spacial score (nSPS) is 22.6. The fraction of sp³-hybridized carbons (Fsp3) is 0.429. The highest BCUT2D eigenvalue weighted by Crippen LogP contribution is 2.28. The van der Waals surface area contributed by atoms with E-state index in [1.165, 1.54) is 0 Å². The molecule has 1 heterocycles. The van der Waals surface area contributed by atoms with Gasteiger partial charge in [-0.15, -0.1) is 0 Å². The second kappa shape index (κ2) is 5.64. The topological polar surface area (TPSA) is 59.6 Å². The molecule has 1 saturated heterocycles. The Labute approximate surface area is 117 Å². The van der Waals surface area contributed by atoms with Gasteiger partial charge < -0.3 is 10.0 Å². The molecule has 0 radical (unpaired) electrons. The van der Waals surface area contributed by atoms with Gasteiger partial charge in [0.1, 0.15) is 0 Å². The minimum absolute atomic E-state index is 0.113. The molecule has 4 nitrogen and oxygen atoms in total. The standard InChI is InChI=1S/C14H17N3OS/c1-9-6-11(7-15)4-5-12(9)16-14-17(3)13(8-19-14)10(2)18/h4-6,10,13,18H,8H2,1-3H3. The molecule has 100 valence electrons. The van der Waals surface area contributed by atoms with Gasteiger partial charge in [0.05, 0.1) is 29.5 Å². The summed E-state index contributed by atoms with van der Waals surface area (Å²) in [7, 11) is 1.95. The molecule has 0 amide bonds. The maximum Gasteiger partial charge on any atom is 0.164 e. The molecular weight excluding hydrogens is 258 g/mol. The van der Waals surface area contributed by atoms with Crippen LogP contribution in [0.5, 0.6) is 0 Å². The van der Waals surface area contributed by atoms with Gasteiger partial charge in [-0.2, -0.15) is 5.26 Å². The Kier molecular flexibility index (Phi) is 4.13. The Morgan fingerprint density at radius 3 is 2.84 bits per heavy atom. The molecule has 2 rings (SSSR count). The Morgan fingerprint density at radius 2 is 2.32 bits per heavy atom. The molecule has 1 aliphatic rings. The van der Waals surface area contributed by atoms with E-state index in [4.69, 9.17) is 5.26 Å². The van der Waals surface area contributed by atoms with Crippen molar-refractivity contribution in [2.24, 2.45) is 4.99 Å². The first-order chi connectivity index (χ1) is 9.02. The highest BCUT2D eigenvalue weighted by Gasteiger charge is 2.30. The Balaban J connectivity index is 2.26. The summed E-state index contributed by atoms with van der Waals surface area (Å²) in [5, 5.41) is 19.4. The lowest BCUT2D eigenvalue weighted by Crippen LogP contribution is -2.38.